The molecule has 0 aliphatic heterocycles. The Morgan fingerprint density at radius 2 is 1.91 bits per heavy atom. The largest absolute Gasteiger partial charge is 0.461 e. The number of hydrogen-bond acceptors (Lipinski definition) is 6. The summed E-state index contributed by atoms with van der Waals surface area (Å²) in [6, 6.07) is 17.2. The molecule has 5 rings (SSSR count). The van der Waals surface area contributed by atoms with Crippen molar-refractivity contribution in [3.05, 3.63) is 82.5 Å². The van der Waals surface area contributed by atoms with Crippen LogP contribution in [0, 0.1) is 0 Å². The van der Waals surface area contributed by atoms with Crippen LogP contribution in [-0.2, 0) is 22.2 Å². The number of aromatic nitrogens is 3. The summed E-state index contributed by atoms with van der Waals surface area (Å²) in [5, 5.41) is 7.34. The molecule has 1 atom stereocenters. The molecule has 1 unspecified atom stereocenters. The Kier molecular flexibility index (Phi) is 6.40. The lowest BCUT2D eigenvalue weighted by Gasteiger charge is -2.08. The third-order valence-corrected chi connectivity index (χ3v) is 7.19. The van der Waals surface area contributed by atoms with E-state index in [4.69, 9.17) is 9.84 Å². The number of ether oxygens (including phenoxy) is 1. The standard InChI is InChI=1S/C25H23N3O4S2/c1-2-32-24(29)21-15-33-25(26-21)28-23(18-10-11-18)20(22(27-28)17-6-4-3-5-7-17)14-16-8-12-19(13-9-16)34(30)31/h3-9,12-13,15,18H,2,10-11,14H2,1H3,(H,30,31). The summed E-state index contributed by atoms with van der Waals surface area (Å²) in [6.45, 7) is 2.07. The van der Waals surface area contributed by atoms with Gasteiger partial charge in [-0.1, -0.05) is 42.5 Å². The third-order valence-electron chi connectivity index (χ3n) is 5.70. The van der Waals surface area contributed by atoms with E-state index >= 15 is 0 Å². The van der Waals surface area contributed by atoms with E-state index in [1.807, 2.05) is 47.1 Å². The molecule has 174 valence electrons. The summed E-state index contributed by atoms with van der Waals surface area (Å²) < 4.78 is 27.7. The van der Waals surface area contributed by atoms with Gasteiger partial charge in [0.15, 0.2) is 16.8 Å². The second-order valence-corrected chi connectivity index (χ2v) is 9.88. The van der Waals surface area contributed by atoms with Crippen LogP contribution in [0.4, 0.5) is 0 Å². The normalized spacial score (nSPS) is 14.2. The lowest BCUT2D eigenvalue weighted by molar-refractivity contribution is 0.0520. The van der Waals surface area contributed by atoms with Crippen molar-refractivity contribution in [2.75, 3.05) is 6.61 Å². The number of hydrogen-bond donors (Lipinski definition) is 1. The van der Waals surface area contributed by atoms with E-state index in [-0.39, 0.29) is 5.69 Å². The minimum atomic E-state index is -2.00. The minimum absolute atomic E-state index is 0.287. The monoisotopic (exact) mass is 493 g/mol. The molecule has 1 aliphatic rings. The lowest BCUT2D eigenvalue weighted by atomic mass is 9.97. The fourth-order valence-electron chi connectivity index (χ4n) is 3.98. The van der Waals surface area contributed by atoms with Crippen molar-refractivity contribution < 1.29 is 18.3 Å². The predicted molar refractivity (Wildman–Crippen MR) is 131 cm³/mol. The average Bonchev–Trinajstić information content (AvgIpc) is 3.44. The number of esters is 1. The first-order chi connectivity index (χ1) is 16.5. The first kappa shape index (κ1) is 22.6. The molecule has 34 heavy (non-hydrogen) atoms. The van der Waals surface area contributed by atoms with Gasteiger partial charge >= 0.3 is 5.97 Å². The molecule has 9 heteroatoms. The van der Waals surface area contributed by atoms with Gasteiger partial charge in [0.25, 0.3) is 0 Å². The number of nitrogens with zero attached hydrogens (tertiary/aromatic N) is 3. The first-order valence-electron chi connectivity index (χ1n) is 11.0. The van der Waals surface area contributed by atoms with Crippen molar-refractivity contribution in [1.82, 2.24) is 14.8 Å². The zero-order chi connectivity index (χ0) is 23.7. The van der Waals surface area contributed by atoms with Crippen molar-refractivity contribution in [2.24, 2.45) is 0 Å². The van der Waals surface area contributed by atoms with Gasteiger partial charge in [-0.25, -0.2) is 18.7 Å². The van der Waals surface area contributed by atoms with Crippen LogP contribution < -0.4 is 0 Å². The predicted octanol–water partition coefficient (Wildman–Crippen LogP) is 5.22. The maximum absolute atomic E-state index is 12.2. The van der Waals surface area contributed by atoms with E-state index in [9.17, 15) is 13.6 Å². The molecule has 0 amide bonds. The Hall–Kier alpha value is -3.14. The molecular formula is C25H23N3O4S2. The quantitative estimate of drug-likeness (QED) is 0.267. The summed E-state index contributed by atoms with van der Waals surface area (Å²) in [4.78, 5) is 17.1. The zero-order valence-corrected chi connectivity index (χ0v) is 20.1. The van der Waals surface area contributed by atoms with Crippen LogP contribution in [0.1, 0.15) is 53.0 Å². The summed E-state index contributed by atoms with van der Waals surface area (Å²) >= 11 is -0.633. The summed E-state index contributed by atoms with van der Waals surface area (Å²) in [6.07, 6.45) is 2.78. The van der Waals surface area contributed by atoms with Gasteiger partial charge in [-0.2, -0.15) is 5.10 Å². The third kappa shape index (κ3) is 4.59. The van der Waals surface area contributed by atoms with Crippen LogP contribution in [0.25, 0.3) is 16.4 Å². The van der Waals surface area contributed by atoms with Crippen LogP contribution in [0.15, 0.2) is 64.9 Å². The number of carbonyl (C=O) groups excluding carboxylic acids is 1. The summed E-state index contributed by atoms with van der Waals surface area (Å²) in [5.41, 5.74) is 5.42. The van der Waals surface area contributed by atoms with Crippen molar-refractivity contribution in [1.29, 1.82) is 0 Å². The molecule has 2 aromatic heterocycles. The van der Waals surface area contributed by atoms with Gasteiger partial charge in [0.1, 0.15) is 0 Å². The van der Waals surface area contributed by atoms with E-state index in [1.165, 1.54) is 11.3 Å². The highest BCUT2D eigenvalue weighted by atomic mass is 32.2. The molecule has 0 spiro atoms. The Morgan fingerprint density at radius 3 is 2.56 bits per heavy atom. The van der Waals surface area contributed by atoms with Crippen molar-refractivity contribution >= 4 is 28.4 Å². The lowest BCUT2D eigenvalue weighted by Crippen LogP contribution is -2.07. The molecule has 1 aliphatic carbocycles. The zero-order valence-electron chi connectivity index (χ0n) is 18.5. The van der Waals surface area contributed by atoms with Gasteiger partial charge in [-0.05, 0) is 37.5 Å². The fourth-order valence-corrected chi connectivity index (χ4v) is 5.10. The molecule has 0 radical (unpaired) electrons. The number of thiazole rings is 1. The van der Waals surface area contributed by atoms with E-state index in [0.717, 1.165) is 40.9 Å². The Balaban J connectivity index is 1.61. The topological polar surface area (TPSA) is 94.3 Å². The molecule has 1 saturated carbocycles. The van der Waals surface area contributed by atoms with Gasteiger partial charge < -0.3 is 9.29 Å². The Morgan fingerprint density at radius 1 is 1.18 bits per heavy atom. The molecule has 4 aromatic rings. The van der Waals surface area contributed by atoms with Crippen molar-refractivity contribution in [3.8, 4) is 16.4 Å². The van der Waals surface area contributed by atoms with Crippen LogP contribution in [0.2, 0.25) is 0 Å². The first-order valence-corrected chi connectivity index (χ1v) is 13.0. The number of rotatable bonds is 8. The van der Waals surface area contributed by atoms with Gasteiger partial charge in [0.05, 0.1) is 22.9 Å². The van der Waals surface area contributed by atoms with E-state index in [2.05, 4.69) is 4.98 Å². The Labute approximate surface area is 203 Å². The minimum Gasteiger partial charge on any atom is -0.461 e. The van der Waals surface area contributed by atoms with Crippen molar-refractivity contribution in [2.45, 2.75) is 37.0 Å². The second kappa shape index (κ2) is 9.61. The van der Waals surface area contributed by atoms with Crippen molar-refractivity contribution in [3.63, 3.8) is 0 Å². The molecule has 1 fully saturated rings. The smallest absolute Gasteiger partial charge is 0.357 e. The van der Waals surface area contributed by atoms with Crippen LogP contribution in [0.5, 0.6) is 0 Å². The Bertz CT molecular complexity index is 1340. The maximum Gasteiger partial charge on any atom is 0.357 e. The molecule has 7 nitrogen and oxygen atoms in total. The summed E-state index contributed by atoms with van der Waals surface area (Å²) in [5.74, 6) is -0.0610. The molecular weight excluding hydrogens is 470 g/mol. The van der Waals surface area contributed by atoms with E-state index in [0.29, 0.717) is 29.0 Å². The maximum atomic E-state index is 12.2. The van der Waals surface area contributed by atoms with Gasteiger partial charge in [-0.15, -0.1) is 11.3 Å². The molecule has 0 bridgehead atoms. The highest BCUT2D eigenvalue weighted by Gasteiger charge is 2.34. The summed E-state index contributed by atoms with van der Waals surface area (Å²) in [7, 11) is 0. The van der Waals surface area contributed by atoms with Gasteiger partial charge in [0.2, 0.25) is 5.13 Å². The van der Waals surface area contributed by atoms with E-state index < -0.39 is 17.0 Å². The van der Waals surface area contributed by atoms with Crippen LogP contribution in [-0.4, -0.2) is 36.1 Å². The molecule has 1 N–H and O–H groups in total. The molecule has 2 aromatic carbocycles. The SMILES string of the molecule is CCOC(=O)c1csc(-n2nc(-c3ccccc3)c(Cc3ccc(S(=O)O)cc3)c2C2CC2)n1. The van der Waals surface area contributed by atoms with Crippen LogP contribution in [0.3, 0.4) is 0 Å². The highest BCUT2D eigenvalue weighted by molar-refractivity contribution is 7.79. The van der Waals surface area contributed by atoms with E-state index in [1.54, 1.807) is 24.4 Å². The number of benzene rings is 2. The van der Waals surface area contributed by atoms with Gasteiger partial charge in [0, 0.05) is 28.8 Å². The highest BCUT2D eigenvalue weighted by Crippen LogP contribution is 2.45. The fraction of sp³-hybridized carbons (Fsp3) is 0.240. The molecule has 0 saturated heterocycles. The molecule has 2 heterocycles. The number of carbonyl (C=O) groups is 1. The van der Waals surface area contributed by atoms with Gasteiger partial charge in [-0.3, -0.25) is 0 Å². The second-order valence-electron chi connectivity index (χ2n) is 8.07. The average molecular weight is 494 g/mol. The van der Waals surface area contributed by atoms with Crippen LogP contribution >= 0.6 is 11.3 Å².